The Morgan fingerprint density at radius 3 is 1.96 bits per heavy atom. The van der Waals surface area contributed by atoms with Crippen molar-refractivity contribution in [3.8, 4) is 11.5 Å². The highest BCUT2D eigenvalue weighted by Crippen LogP contribution is 2.25. The molecule has 0 atom stereocenters. The minimum atomic E-state index is -0.0289. The van der Waals surface area contributed by atoms with E-state index in [9.17, 15) is 4.79 Å². The molecule has 3 rings (SSSR count). The van der Waals surface area contributed by atoms with E-state index in [1.54, 1.807) is 24.3 Å². The van der Waals surface area contributed by atoms with Crippen molar-refractivity contribution in [1.82, 2.24) is 0 Å². The molecule has 2 nitrogen and oxygen atoms in total. The number of ketones is 1. The first-order valence-corrected chi connectivity index (χ1v) is 8.54. The second-order valence-corrected chi connectivity index (χ2v) is 6.75. The molecule has 23 heavy (non-hydrogen) atoms. The highest BCUT2D eigenvalue weighted by molar-refractivity contribution is 9.10. The Morgan fingerprint density at radius 1 is 0.696 bits per heavy atom. The molecule has 0 aliphatic rings. The SMILES string of the molecule is O=C(c1ccc(Br)cc1)c1cccc(Oc2ccc(Br)cc2)c1. The molecular formula is C19H12Br2O2. The summed E-state index contributed by atoms with van der Waals surface area (Å²) in [6, 6.07) is 22.1. The fraction of sp³-hybridized carbons (Fsp3) is 0. The number of ether oxygens (including phenoxy) is 1. The number of carbonyl (C=O) groups excluding carboxylic acids is 1. The highest BCUT2D eigenvalue weighted by Gasteiger charge is 2.10. The summed E-state index contributed by atoms with van der Waals surface area (Å²) in [7, 11) is 0. The molecule has 0 saturated carbocycles. The first kappa shape index (κ1) is 16.0. The van der Waals surface area contributed by atoms with Gasteiger partial charge in [0.2, 0.25) is 0 Å². The van der Waals surface area contributed by atoms with Crippen molar-refractivity contribution in [1.29, 1.82) is 0 Å². The number of hydrogen-bond donors (Lipinski definition) is 0. The molecule has 0 saturated heterocycles. The number of carbonyl (C=O) groups is 1. The van der Waals surface area contributed by atoms with E-state index < -0.39 is 0 Å². The Balaban J connectivity index is 1.83. The van der Waals surface area contributed by atoms with Crippen LogP contribution >= 0.6 is 31.9 Å². The largest absolute Gasteiger partial charge is 0.457 e. The van der Waals surface area contributed by atoms with Gasteiger partial charge in [0, 0.05) is 20.1 Å². The second-order valence-electron chi connectivity index (χ2n) is 4.92. The molecule has 0 unspecified atom stereocenters. The highest BCUT2D eigenvalue weighted by atomic mass is 79.9. The zero-order valence-electron chi connectivity index (χ0n) is 12.0. The molecule has 4 heteroatoms. The normalized spacial score (nSPS) is 10.3. The molecule has 114 valence electrons. The summed E-state index contributed by atoms with van der Waals surface area (Å²) >= 11 is 6.76. The third kappa shape index (κ3) is 4.09. The van der Waals surface area contributed by atoms with Crippen molar-refractivity contribution in [2.24, 2.45) is 0 Å². The van der Waals surface area contributed by atoms with Gasteiger partial charge in [-0.25, -0.2) is 0 Å². The minimum Gasteiger partial charge on any atom is -0.457 e. The van der Waals surface area contributed by atoms with Crippen molar-refractivity contribution in [3.05, 3.63) is 92.9 Å². The second kappa shape index (κ2) is 7.11. The molecule has 3 aromatic carbocycles. The van der Waals surface area contributed by atoms with Gasteiger partial charge in [0.25, 0.3) is 0 Å². The van der Waals surface area contributed by atoms with E-state index in [2.05, 4.69) is 31.9 Å². The Morgan fingerprint density at radius 2 is 1.30 bits per heavy atom. The summed E-state index contributed by atoms with van der Waals surface area (Å²) in [5.41, 5.74) is 1.25. The number of benzene rings is 3. The van der Waals surface area contributed by atoms with E-state index in [1.807, 2.05) is 48.5 Å². The van der Waals surface area contributed by atoms with Gasteiger partial charge in [-0.05, 0) is 60.7 Å². The van der Waals surface area contributed by atoms with Crippen LogP contribution in [0.3, 0.4) is 0 Å². The lowest BCUT2D eigenvalue weighted by molar-refractivity contribution is 0.103. The summed E-state index contributed by atoms with van der Waals surface area (Å²) in [5, 5.41) is 0. The smallest absolute Gasteiger partial charge is 0.193 e. The quantitative estimate of drug-likeness (QED) is 0.457. The zero-order valence-corrected chi connectivity index (χ0v) is 15.2. The van der Waals surface area contributed by atoms with Crippen LogP contribution in [0.2, 0.25) is 0 Å². The van der Waals surface area contributed by atoms with Crippen molar-refractivity contribution in [2.75, 3.05) is 0 Å². The van der Waals surface area contributed by atoms with Gasteiger partial charge in [-0.3, -0.25) is 4.79 Å². The standard InChI is InChI=1S/C19H12Br2O2/c20-15-6-4-13(5-7-15)19(22)14-2-1-3-18(12-14)23-17-10-8-16(21)9-11-17/h1-12H. The van der Waals surface area contributed by atoms with Gasteiger partial charge >= 0.3 is 0 Å². The average molecular weight is 432 g/mol. The van der Waals surface area contributed by atoms with Gasteiger partial charge in [-0.2, -0.15) is 0 Å². The summed E-state index contributed by atoms with van der Waals surface area (Å²) in [5.74, 6) is 1.33. The lowest BCUT2D eigenvalue weighted by Gasteiger charge is -2.08. The molecule has 0 heterocycles. The molecule has 0 N–H and O–H groups in total. The predicted octanol–water partition coefficient (Wildman–Crippen LogP) is 6.23. The van der Waals surface area contributed by atoms with Crippen LogP contribution in [-0.2, 0) is 0 Å². The van der Waals surface area contributed by atoms with Crippen LogP contribution < -0.4 is 4.74 Å². The molecule has 0 fully saturated rings. The van der Waals surface area contributed by atoms with Crippen LogP contribution in [0.1, 0.15) is 15.9 Å². The summed E-state index contributed by atoms with van der Waals surface area (Å²) in [6.45, 7) is 0. The van der Waals surface area contributed by atoms with E-state index in [0.717, 1.165) is 14.7 Å². The van der Waals surface area contributed by atoms with Crippen molar-refractivity contribution in [3.63, 3.8) is 0 Å². The fourth-order valence-electron chi connectivity index (χ4n) is 2.11. The molecule has 0 aromatic heterocycles. The molecule has 0 bridgehead atoms. The van der Waals surface area contributed by atoms with Crippen LogP contribution in [0.5, 0.6) is 11.5 Å². The van der Waals surface area contributed by atoms with E-state index >= 15 is 0 Å². The molecule has 0 radical (unpaired) electrons. The van der Waals surface area contributed by atoms with Gasteiger partial charge in [0.1, 0.15) is 11.5 Å². The Kier molecular flexibility index (Phi) is 4.94. The van der Waals surface area contributed by atoms with Crippen LogP contribution in [0.15, 0.2) is 81.7 Å². The van der Waals surface area contributed by atoms with Crippen molar-refractivity contribution < 1.29 is 9.53 Å². The topological polar surface area (TPSA) is 26.3 Å². The lowest BCUT2D eigenvalue weighted by atomic mass is 10.0. The molecule has 0 amide bonds. The zero-order chi connectivity index (χ0) is 16.2. The monoisotopic (exact) mass is 430 g/mol. The number of hydrogen-bond acceptors (Lipinski definition) is 2. The number of rotatable bonds is 4. The van der Waals surface area contributed by atoms with E-state index in [0.29, 0.717) is 16.9 Å². The minimum absolute atomic E-state index is 0.0289. The summed E-state index contributed by atoms with van der Waals surface area (Å²) in [6.07, 6.45) is 0. The maximum atomic E-state index is 12.5. The van der Waals surface area contributed by atoms with Crippen LogP contribution in [0.25, 0.3) is 0 Å². The first-order chi connectivity index (χ1) is 11.1. The Hall–Kier alpha value is -1.91. The molecule has 3 aromatic rings. The van der Waals surface area contributed by atoms with E-state index in [4.69, 9.17) is 4.74 Å². The summed E-state index contributed by atoms with van der Waals surface area (Å²) < 4.78 is 7.73. The first-order valence-electron chi connectivity index (χ1n) is 6.95. The third-order valence-electron chi connectivity index (χ3n) is 3.25. The molecule has 0 aliphatic carbocycles. The summed E-state index contributed by atoms with van der Waals surface area (Å²) in [4.78, 5) is 12.5. The van der Waals surface area contributed by atoms with Gasteiger partial charge in [0.05, 0.1) is 0 Å². The van der Waals surface area contributed by atoms with Crippen LogP contribution in [0, 0.1) is 0 Å². The van der Waals surface area contributed by atoms with Crippen LogP contribution in [-0.4, -0.2) is 5.78 Å². The average Bonchev–Trinajstić information content (AvgIpc) is 2.57. The third-order valence-corrected chi connectivity index (χ3v) is 4.31. The van der Waals surface area contributed by atoms with Crippen LogP contribution in [0.4, 0.5) is 0 Å². The molecule has 0 spiro atoms. The molecule has 0 aliphatic heterocycles. The van der Waals surface area contributed by atoms with Crippen molar-refractivity contribution in [2.45, 2.75) is 0 Å². The maximum Gasteiger partial charge on any atom is 0.193 e. The number of halogens is 2. The van der Waals surface area contributed by atoms with Gasteiger partial charge in [-0.1, -0.05) is 44.0 Å². The predicted molar refractivity (Wildman–Crippen MR) is 98.2 cm³/mol. The lowest BCUT2D eigenvalue weighted by Crippen LogP contribution is -2.01. The van der Waals surface area contributed by atoms with Crippen molar-refractivity contribution >= 4 is 37.6 Å². The maximum absolute atomic E-state index is 12.5. The van der Waals surface area contributed by atoms with Gasteiger partial charge < -0.3 is 4.74 Å². The van der Waals surface area contributed by atoms with Gasteiger partial charge in [0.15, 0.2) is 5.78 Å². The van der Waals surface area contributed by atoms with E-state index in [-0.39, 0.29) is 5.78 Å². The van der Waals surface area contributed by atoms with Gasteiger partial charge in [-0.15, -0.1) is 0 Å². The molecular weight excluding hydrogens is 420 g/mol. The Bertz CT molecular complexity index is 825. The Labute approximate surface area is 151 Å². The fourth-order valence-corrected chi connectivity index (χ4v) is 2.64. The van der Waals surface area contributed by atoms with E-state index in [1.165, 1.54) is 0 Å².